The van der Waals surface area contributed by atoms with Gasteiger partial charge in [-0.2, -0.15) is 0 Å². The van der Waals surface area contributed by atoms with Gasteiger partial charge in [0, 0.05) is 5.34 Å². The second kappa shape index (κ2) is 3.05. The minimum atomic E-state index is 0.181. The van der Waals surface area contributed by atoms with E-state index in [1.165, 1.54) is 0 Å². The van der Waals surface area contributed by atoms with Crippen LogP contribution < -0.4 is 5.84 Å². The van der Waals surface area contributed by atoms with Crippen molar-refractivity contribution in [1.29, 1.82) is 0 Å². The van der Waals surface area contributed by atoms with Gasteiger partial charge in [0.2, 0.25) is 0 Å². The number of nitrogens with zero attached hydrogens (tertiary/aromatic N) is 1. The standard InChI is InChI=1S/C2H8N2O2/c1-2-6-4(3)5/h5H,2-3H2,1H3. The maximum absolute atomic E-state index is 7.94. The van der Waals surface area contributed by atoms with Crippen molar-refractivity contribution in [3.05, 3.63) is 0 Å². The Morgan fingerprint density at radius 1 is 2.00 bits per heavy atom. The van der Waals surface area contributed by atoms with Gasteiger partial charge < -0.3 is 0 Å². The average molecular weight is 92.1 g/mol. The van der Waals surface area contributed by atoms with Crippen molar-refractivity contribution in [2.75, 3.05) is 6.61 Å². The van der Waals surface area contributed by atoms with Crippen LogP contribution in [0.4, 0.5) is 0 Å². The molecule has 0 spiro atoms. The molecule has 0 aliphatic carbocycles. The van der Waals surface area contributed by atoms with Crippen LogP contribution in [0.5, 0.6) is 0 Å². The molecular weight excluding hydrogens is 84.0 g/mol. The van der Waals surface area contributed by atoms with Crippen LogP contribution in [0.1, 0.15) is 6.92 Å². The molecule has 0 radical (unpaired) electrons. The molecule has 0 aromatic heterocycles. The molecule has 4 heteroatoms. The maximum Gasteiger partial charge on any atom is 0.0698 e. The third-order valence-electron chi connectivity index (χ3n) is 0.261. The molecule has 0 bridgehead atoms. The Labute approximate surface area is 36.0 Å². The highest BCUT2D eigenvalue weighted by molar-refractivity contribution is 3.95. The summed E-state index contributed by atoms with van der Waals surface area (Å²) < 4.78 is 0. The molecule has 3 N–H and O–H groups in total. The van der Waals surface area contributed by atoms with Gasteiger partial charge in [0.1, 0.15) is 0 Å². The molecule has 6 heavy (non-hydrogen) atoms. The first kappa shape index (κ1) is 5.84. The predicted octanol–water partition coefficient (Wildman–Crippen LogP) is -0.497. The fraction of sp³-hybridized carbons (Fsp3) is 1.00. The Hall–Kier alpha value is -0.160. The SMILES string of the molecule is CCON(N)O. The molecule has 38 valence electrons. The number of rotatable bonds is 2. The largest absolute Gasteiger partial charge is 0.276 e. The zero-order valence-electron chi connectivity index (χ0n) is 3.59. The minimum absolute atomic E-state index is 0.181. The number of hydrazine groups is 1. The Bertz CT molecular complexity index is 30.7. The highest BCUT2D eigenvalue weighted by Crippen LogP contribution is 1.67. The van der Waals surface area contributed by atoms with Crippen LogP contribution in [-0.4, -0.2) is 17.1 Å². The van der Waals surface area contributed by atoms with Crippen molar-refractivity contribution < 1.29 is 10.0 Å². The van der Waals surface area contributed by atoms with E-state index in [9.17, 15) is 0 Å². The highest BCUT2D eigenvalue weighted by Gasteiger charge is 1.80. The molecule has 0 aliphatic heterocycles. The van der Waals surface area contributed by atoms with Crippen LogP contribution in [0, 0.1) is 0 Å². The van der Waals surface area contributed by atoms with E-state index in [1.807, 2.05) is 0 Å². The summed E-state index contributed by atoms with van der Waals surface area (Å²) in [6, 6.07) is 0. The van der Waals surface area contributed by atoms with Crippen molar-refractivity contribution in [3.63, 3.8) is 0 Å². The first-order valence-electron chi connectivity index (χ1n) is 1.64. The molecule has 0 unspecified atom stereocenters. The van der Waals surface area contributed by atoms with Gasteiger partial charge in [-0.25, -0.2) is 5.84 Å². The van der Waals surface area contributed by atoms with E-state index >= 15 is 0 Å². The quantitative estimate of drug-likeness (QED) is 0.356. The molecule has 0 atom stereocenters. The number of hydrogen-bond acceptors (Lipinski definition) is 4. The molecule has 0 fully saturated rings. The number of nitrogens with two attached hydrogens (primary N) is 1. The first-order valence-corrected chi connectivity index (χ1v) is 1.64. The first-order chi connectivity index (χ1) is 2.77. The Kier molecular flexibility index (Phi) is 2.97. The second-order valence-corrected chi connectivity index (χ2v) is 0.720. The Morgan fingerprint density at radius 2 is 2.50 bits per heavy atom. The lowest BCUT2D eigenvalue weighted by Gasteiger charge is -2.02. The summed E-state index contributed by atoms with van der Waals surface area (Å²) in [5.74, 6) is 4.57. The molecule has 0 heterocycles. The third kappa shape index (κ3) is 3.84. The van der Waals surface area contributed by atoms with E-state index in [4.69, 9.17) is 5.21 Å². The van der Waals surface area contributed by atoms with Gasteiger partial charge in [-0.05, 0) is 6.92 Å². The lowest BCUT2D eigenvalue weighted by atomic mass is 10.9. The summed E-state index contributed by atoms with van der Waals surface area (Å²) in [6.45, 7) is 2.10. The maximum atomic E-state index is 7.94. The van der Waals surface area contributed by atoms with Gasteiger partial charge in [0.15, 0.2) is 0 Å². The van der Waals surface area contributed by atoms with Crippen molar-refractivity contribution in [3.8, 4) is 0 Å². The molecule has 0 saturated heterocycles. The summed E-state index contributed by atoms with van der Waals surface area (Å²) in [5.41, 5.74) is 0. The molecule has 0 aromatic rings. The fourth-order valence-electron chi connectivity index (χ4n) is 0.132. The van der Waals surface area contributed by atoms with Crippen LogP contribution in [0.15, 0.2) is 0 Å². The summed E-state index contributed by atoms with van der Waals surface area (Å²) in [7, 11) is 0. The van der Waals surface area contributed by atoms with Crippen molar-refractivity contribution in [1.82, 2.24) is 5.34 Å². The summed E-state index contributed by atoms with van der Waals surface area (Å²) in [4.78, 5) is 4.21. The van der Waals surface area contributed by atoms with E-state index in [2.05, 4.69) is 10.7 Å². The highest BCUT2D eigenvalue weighted by atomic mass is 16.9. The Morgan fingerprint density at radius 3 is 2.50 bits per heavy atom. The van der Waals surface area contributed by atoms with Gasteiger partial charge in [0.05, 0.1) is 6.61 Å². The van der Waals surface area contributed by atoms with E-state index in [0.717, 1.165) is 0 Å². The van der Waals surface area contributed by atoms with Gasteiger partial charge in [0.25, 0.3) is 0 Å². The van der Waals surface area contributed by atoms with Crippen molar-refractivity contribution in [2.45, 2.75) is 6.92 Å². The van der Waals surface area contributed by atoms with E-state index in [-0.39, 0.29) is 5.34 Å². The van der Waals surface area contributed by atoms with E-state index in [0.29, 0.717) is 6.61 Å². The van der Waals surface area contributed by atoms with Gasteiger partial charge in [-0.1, -0.05) is 0 Å². The molecule has 0 amide bonds. The molecule has 0 rings (SSSR count). The van der Waals surface area contributed by atoms with Crippen LogP contribution in [0.3, 0.4) is 0 Å². The van der Waals surface area contributed by atoms with Gasteiger partial charge in [-0.3, -0.25) is 10.0 Å². The molecule has 0 aliphatic rings. The predicted molar refractivity (Wildman–Crippen MR) is 19.4 cm³/mol. The molecule has 4 nitrogen and oxygen atoms in total. The van der Waals surface area contributed by atoms with Crippen molar-refractivity contribution >= 4 is 0 Å². The zero-order valence-corrected chi connectivity index (χ0v) is 3.59. The van der Waals surface area contributed by atoms with Gasteiger partial charge in [-0.15, -0.1) is 0 Å². The van der Waals surface area contributed by atoms with Crippen LogP contribution >= 0.6 is 0 Å². The normalized spacial score (nSPS) is 10.0. The number of hydrogen-bond donors (Lipinski definition) is 2. The van der Waals surface area contributed by atoms with E-state index < -0.39 is 0 Å². The third-order valence-corrected chi connectivity index (χ3v) is 0.261. The monoisotopic (exact) mass is 92.1 g/mol. The lowest BCUT2D eigenvalue weighted by molar-refractivity contribution is -0.342. The smallest absolute Gasteiger partial charge is 0.0698 e. The van der Waals surface area contributed by atoms with Crippen LogP contribution in [0.25, 0.3) is 0 Å². The summed E-state index contributed by atoms with van der Waals surface area (Å²) in [5, 5.41) is 8.12. The second-order valence-electron chi connectivity index (χ2n) is 0.720. The summed E-state index contributed by atoms with van der Waals surface area (Å²) in [6.07, 6.45) is 0. The van der Waals surface area contributed by atoms with E-state index in [1.54, 1.807) is 6.92 Å². The van der Waals surface area contributed by atoms with Crippen molar-refractivity contribution in [2.24, 2.45) is 5.84 Å². The average Bonchev–Trinajstić information content (AvgIpc) is 1.35. The molecule has 0 aromatic carbocycles. The minimum Gasteiger partial charge on any atom is -0.276 e. The zero-order chi connectivity index (χ0) is 4.99. The van der Waals surface area contributed by atoms with Gasteiger partial charge >= 0.3 is 0 Å². The topological polar surface area (TPSA) is 58.7 Å². The Balaban J connectivity index is 2.63. The lowest BCUT2D eigenvalue weighted by Crippen LogP contribution is -2.26. The molecule has 0 saturated carbocycles. The summed E-state index contributed by atoms with van der Waals surface area (Å²) >= 11 is 0. The van der Waals surface area contributed by atoms with Crippen LogP contribution in [-0.2, 0) is 4.84 Å². The van der Waals surface area contributed by atoms with Crippen LogP contribution in [0.2, 0.25) is 0 Å². The fourth-order valence-corrected chi connectivity index (χ4v) is 0.132. The molecular formula is C2H8N2O2.